The molecule has 2 N–H and O–H groups in total. The Labute approximate surface area is 204 Å². The molecule has 0 aromatic heterocycles. The Morgan fingerprint density at radius 3 is 2.43 bits per heavy atom. The van der Waals surface area contributed by atoms with Crippen molar-refractivity contribution in [1.29, 1.82) is 0 Å². The summed E-state index contributed by atoms with van der Waals surface area (Å²) in [6.07, 6.45) is -2.81. The van der Waals surface area contributed by atoms with Gasteiger partial charge in [-0.25, -0.2) is 4.79 Å². The molecule has 0 bridgehead atoms. The fraction of sp³-hybridized carbons (Fsp3) is 0.625. The predicted octanol–water partition coefficient (Wildman–Crippen LogP) is 3.13. The van der Waals surface area contributed by atoms with Gasteiger partial charge in [0.05, 0.1) is 18.7 Å². The van der Waals surface area contributed by atoms with Crippen LogP contribution in [0, 0.1) is 5.92 Å². The predicted molar refractivity (Wildman–Crippen MR) is 125 cm³/mol. The van der Waals surface area contributed by atoms with Gasteiger partial charge in [-0.1, -0.05) is 6.07 Å². The molecule has 2 rings (SSSR count). The molecule has 0 saturated heterocycles. The van der Waals surface area contributed by atoms with Gasteiger partial charge in [-0.3, -0.25) is 9.59 Å². The van der Waals surface area contributed by atoms with Gasteiger partial charge in [0.25, 0.3) is 5.91 Å². The summed E-state index contributed by atoms with van der Waals surface area (Å²) < 4.78 is 44.1. The van der Waals surface area contributed by atoms with Gasteiger partial charge in [-0.2, -0.15) is 13.2 Å². The molecule has 0 spiro atoms. The molecule has 1 aromatic rings. The monoisotopic (exact) mass is 500 g/mol. The summed E-state index contributed by atoms with van der Waals surface area (Å²) >= 11 is 0. The van der Waals surface area contributed by atoms with Crippen molar-refractivity contribution < 1.29 is 32.3 Å². The van der Waals surface area contributed by atoms with Crippen LogP contribution >= 0.6 is 0 Å². The number of nitrogens with zero attached hydrogens (tertiary/aromatic N) is 2. The Morgan fingerprint density at radius 2 is 1.83 bits per heavy atom. The van der Waals surface area contributed by atoms with Crippen molar-refractivity contribution in [2.24, 2.45) is 5.92 Å². The molecular weight excluding hydrogens is 465 g/mol. The molecule has 1 saturated carbocycles. The number of nitrogens with one attached hydrogen (secondary N) is 2. The summed E-state index contributed by atoms with van der Waals surface area (Å²) in [7, 11) is 5.22. The van der Waals surface area contributed by atoms with Crippen molar-refractivity contribution in [3.05, 3.63) is 35.4 Å². The SMILES string of the molecule is CC(C)N(C)[C@@H]1CC[C@H](NC(=O)CNC(=O)c2cccc(C(F)(F)F)c2)[C@H](COC(=O)N(C)C)C1. The number of carbonyl (C=O) groups is 3. The summed E-state index contributed by atoms with van der Waals surface area (Å²) in [4.78, 5) is 40.4. The molecule has 8 nitrogen and oxygen atoms in total. The lowest BCUT2D eigenvalue weighted by atomic mass is 9.81. The van der Waals surface area contributed by atoms with Crippen molar-refractivity contribution in [1.82, 2.24) is 20.4 Å². The van der Waals surface area contributed by atoms with E-state index in [0.717, 1.165) is 31.0 Å². The Balaban J connectivity index is 1.98. The highest BCUT2D eigenvalue weighted by Crippen LogP contribution is 2.30. The van der Waals surface area contributed by atoms with E-state index in [1.165, 1.54) is 11.0 Å². The van der Waals surface area contributed by atoms with Crippen molar-refractivity contribution in [3.63, 3.8) is 0 Å². The maximum absolute atomic E-state index is 12.9. The number of halogens is 3. The van der Waals surface area contributed by atoms with Crippen LogP contribution in [-0.4, -0.2) is 80.1 Å². The van der Waals surface area contributed by atoms with E-state index >= 15 is 0 Å². The number of amides is 3. The molecule has 11 heteroatoms. The van der Waals surface area contributed by atoms with E-state index in [9.17, 15) is 27.6 Å². The molecule has 1 fully saturated rings. The van der Waals surface area contributed by atoms with Crippen molar-refractivity contribution >= 4 is 17.9 Å². The van der Waals surface area contributed by atoms with E-state index in [1.807, 2.05) is 7.05 Å². The number of hydrogen-bond acceptors (Lipinski definition) is 5. The zero-order valence-electron chi connectivity index (χ0n) is 20.8. The Bertz CT molecular complexity index is 892. The van der Waals surface area contributed by atoms with Crippen molar-refractivity contribution in [3.8, 4) is 0 Å². The van der Waals surface area contributed by atoms with Crippen LogP contribution in [0.3, 0.4) is 0 Å². The molecule has 0 aliphatic heterocycles. The highest BCUT2D eigenvalue weighted by atomic mass is 19.4. The maximum atomic E-state index is 12.9. The van der Waals surface area contributed by atoms with Crippen molar-refractivity contribution in [2.45, 2.75) is 57.4 Å². The summed E-state index contributed by atoms with van der Waals surface area (Å²) in [5.74, 6) is -1.36. The number of benzene rings is 1. The minimum atomic E-state index is -4.57. The van der Waals surface area contributed by atoms with Gasteiger partial charge in [0.1, 0.15) is 0 Å². The van der Waals surface area contributed by atoms with Gasteiger partial charge in [0.15, 0.2) is 0 Å². The van der Waals surface area contributed by atoms with E-state index in [2.05, 4.69) is 29.4 Å². The zero-order chi connectivity index (χ0) is 26.3. The average Bonchev–Trinajstić information content (AvgIpc) is 2.80. The van der Waals surface area contributed by atoms with Crippen LogP contribution in [0.5, 0.6) is 0 Å². The Morgan fingerprint density at radius 1 is 1.14 bits per heavy atom. The first-order chi connectivity index (χ1) is 16.3. The first-order valence-electron chi connectivity index (χ1n) is 11.6. The summed E-state index contributed by atoms with van der Waals surface area (Å²) in [5.41, 5.74) is -1.12. The summed E-state index contributed by atoms with van der Waals surface area (Å²) in [5, 5.41) is 5.27. The van der Waals surface area contributed by atoms with Crippen LogP contribution in [0.4, 0.5) is 18.0 Å². The van der Waals surface area contributed by atoms with Crippen LogP contribution in [0.2, 0.25) is 0 Å². The average molecular weight is 501 g/mol. The maximum Gasteiger partial charge on any atom is 0.416 e. The highest BCUT2D eigenvalue weighted by Gasteiger charge is 2.35. The van der Waals surface area contributed by atoms with Gasteiger partial charge in [-0.15, -0.1) is 0 Å². The second kappa shape index (κ2) is 12.2. The van der Waals surface area contributed by atoms with Gasteiger partial charge in [0, 0.05) is 43.7 Å². The van der Waals surface area contributed by atoms with E-state index in [-0.39, 0.29) is 36.7 Å². The lowest BCUT2D eigenvalue weighted by Gasteiger charge is -2.41. The fourth-order valence-electron chi connectivity index (χ4n) is 4.07. The van der Waals surface area contributed by atoms with E-state index < -0.39 is 29.6 Å². The first kappa shape index (κ1) is 28.4. The Hall–Kier alpha value is -2.82. The second-order valence-electron chi connectivity index (χ2n) is 9.39. The number of rotatable bonds is 8. The van der Waals surface area contributed by atoms with Crippen LogP contribution in [-0.2, 0) is 15.7 Å². The van der Waals surface area contributed by atoms with Gasteiger partial charge < -0.3 is 25.2 Å². The fourth-order valence-corrected chi connectivity index (χ4v) is 4.07. The van der Waals surface area contributed by atoms with Crippen LogP contribution in [0.1, 0.15) is 49.0 Å². The van der Waals surface area contributed by atoms with E-state index in [4.69, 9.17) is 4.74 Å². The van der Waals surface area contributed by atoms with Crippen molar-refractivity contribution in [2.75, 3.05) is 34.3 Å². The quantitative estimate of drug-likeness (QED) is 0.573. The van der Waals surface area contributed by atoms with Gasteiger partial charge >= 0.3 is 12.3 Å². The molecule has 0 radical (unpaired) electrons. The smallest absolute Gasteiger partial charge is 0.416 e. The summed E-state index contributed by atoms with van der Waals surface area (Å²) in [6.45, 7) is 3.95. The first-order valence-corrected chi connectivity index (χ1v) is 11.6. The van der Waals surface area contributed by atoms with Crippen LogP contribution in [0.25, 0.3) is 0 Å². The zero-order valence-corrected chi connectivity index (χ0v) is 20.8. The number of alkyl halides is 3. The number of ether oxygens (including phenoxy) is 1. The molecule has 196 valence electrons. The van der Waals surface area contributed by atoms with Crippen LogP contribution < -0.4 is 10.6 Å². The number of carbonyl (C=O) groups excluding carboxylic acids is 3. The molecule has 0 unspecified atom stereocenters. The summed E-state index contributed by atoms with van der Waals surface area (Å²) in [6, 6.07) is 4.36. The van der Waals surface area contributed by atoms with E-state index in [0.29, 0.717) is 12.5 Å². The molecule has 3 amide bonds. The third-order valence-corrected chi connectivity index (χ3v) is 6.34. The molecular formula is C24H35F3N4O4. The van der Waals surface area contributed by atoms with Gasteiger partial charge in [-0.05, 0) is 58.4 Å². The normalized spacial score (nSPS) is 20.5. The lowest BCUT2D eigenvalue weighted by molar-refractivity contribution is -0.137. The molecule has 1 aliphatic carbocycles. The van der Waals surface area contributed by atoms with Crippen LogP contribution in [0.15, 0.2) is 24.3 Å². The minimum Gasteiger partial charge on any atom is -0.449 e. The Kier molecular flexibility index (Phi) is 9.93. The number of hydrogen-bond donors (Lipinski definition) is 2. The minimum absolute atomic E-state index is 0.123. The largest absolute Gasteiger partial charge is 0.449 e. The molecule has 0 heterocycles. The standard InChI is InChI=1S/C24H35F3N4O4/c1-15(2)31(5)19-9-10-20(17(12-19)14-35-23(34)30(3)4)29-21(32)13-28-22(33)16-7-6-8-18(11-16)24(25,26)27/h6-8,11,15,17,19-20H,9-10,12-14H2,1-5H3,(H,28,33)(H,29,32)/t17-,19+,20-/m0/s1. The topological polar surface area (TPSA) is 91.0 Å². The van der Waals surface area contributed by atoms with Gasteiger partial charge in [0.2, 0.25) is 5.91 Å². The lowest BCUT2D eigenvalue weighted by Crippen LogP contribution is -2.52. The molecule has 1 aliphatic rings. The highest BCUT2D eigenvalue weighted by molar-refractivity contribution is 5.96. The third-order valence-electron chi connectivity index (χ3n) is 6.34. The second-order valence-corrected chi connectivity index (χ2v) is 9.39. The third kappa shape index (κ3) is 8.41. The molecule has 1 aromatic carbocycles. The molecule has 3 atom stereocenters. The molecule has 35 heavy (non-hydrogen) atoms. The van der Waals surface area contributed by atoms with E-state index in [1.54, 1.807) is 14.1 Å².